The normalized spacial score (nSPS) is 10.4. The number of rotatable bonds is 6. The van der Waals surface area contributed by atoms with Crippen LogP contribution in [0.4, 0.5) is 0 Å². The molecule has 0 aliphatic rings. The number of aliphatic hydroxyl groups excluding tert-OH is 1. The summed E-state index contributed by atoms with van der Waals surface area (Å²) in [5, 5.41) is 18.6. The van der Waals surface area contributed by atoms with Crippen LogP contribution in [-0.4, -0.2) is 21.9 Å². The van der Waals surface area contributed by atoms with Crippen molar-refractivity contribution in [3.63, 3.8) is 0 Å². The van der Waals surface area contributed by atoms with Crippen LogP contribution in [0.1, 0.15) is 22.8 Å². The maximum absolute atomic E-state index is 11.5. The lowest BCUT2D eigenvalue weighted by Crippen LogP contribution is -2.02. The largest absolute Gasteiger partial charge is 0.478 e. The third-order valence-corrected chi connectivity index (χ3v) is 3.75. The molecule has 0 aliphatic carbocycles. The van der Waals surface area contributed by atoms with E-state index in [1.54, 1.807) is 42.5 Å². The maximum Gasteiger partial charge on any atom is 0.340 e. The van der Waals surface area contributed by atoms with E-state index in [9.17, 15) is 9.90 Å². The van der Waals surface area contributed by atoms with Crippen LogP contribution in [0, 0.1) is 0 Å². The van der Waals surface area contributed by atoms with Gasteiger partial charge in [0.1, 0.15) is 17.1 Å². The molecule has 0 amide bonds. The number of benzene rings is 2. The monoisotopic (exact) mass is 304 g/mol. The fourth-order valence-electron chi connectivity index (χ4n) is 1.92. The fraction of sp³-hybridized carbons (Fsp3) is 0.188. The van der Waals surface area contributed by atoms with Crippen molar-refractivity contribution in [3.05, 3.63) is 53.6 Å². The zero-order chi connectivity index (χ0) is 15.2. The Morgan fingerprint density at radius 2 is 2.00 bits per heavy atom. The summed E-state index contributed by atoms with van der Waals surface area (Å²) in [6, 6.07) is 12.1. The summed E-state index contributed by atoms with van der Waals surface area (Å²) < 4.78 is 5.70. The third kappa shape index (κ3) is 3.77. The van der Waals surface area contributed by atoms with Gasteiger partial charge in [0.05, 0.1) is 6.61 Å². The number of hydrogen-bond donors (Lipinski definition) is 2. The van der Waals surface area contributed by atoms with E-state index in [1.165, 1.54) is 11.8 Å². The predicted octanol–water partition coefficient (Wildman–Crippen LogP) is 3.78. The first-order valence-electron chi connectivity index (χ1n) is 6.52. The number of carboxylic acids is 1. The average molecular weight is 304 g/mol. The molecule has 0 bridgehead atoms. The second kappa shape index (κ2) is 7.15. The Balaban J connectivity index is 2.38. The minimum Gasteiger partial charge on any atom is -0.478 e. The van der Waals surface area contributed by atoms with E-state index < -0.39 is 5.97 Å². The molecule has 0 aliphatic heterocycles. The number of aliphatic hydroxyl groups is 1. The summed E-state index contributed by atoms with van der Waals surface area (Å²) in [5.74, 6) is 0.572. The standard InChI is InChI=1S/C16H16O4S/c1-2-21-14-8-4-7-13(15(14)16(18)19)20-12-6-3-5-11(9-12)10-17/h3-9,17H,2,10H2,1H3,(H,18,19). The van der Waals surface area contributed by atoms with E-state index in [2.05, 4.69) is 0 Å². The topological polar surface area (TPSA) is 66.8 Å². The SMILES string of the molecule is CCSc1cccc(Oc2cccc(CO)c2)c1C(=O)O. The molecule has 5 heteroatoms. The van der Waals surface area contributed by atoms with Crippen molar-refractivity contribution in [3.8, 4) is 11.5 Å². The summed E-state index contributed by atoms with van der Waals surface area (Å²) in [4.78, 5) is 12.2. The van der Waals surface area contributed by atoms with Gasteiger partial charge in [-0.05, 0) is 35.6 Å². The molecule has 0 heterocycles. The van der Waals surface area contributed by atoms with Gasteiger partial charge in [-0.2, -0.15) is 0 Å². The Hall–Kier alpha value is -1.98. The summed E-state index contributed by atoms with van der Waals surface area (Å²) in [7, 11) is 0. The molecule has 0 atom stereocenters. The molecule has 0 fully saturated rings. The van der Waals surface area contributed by atoms with Crippen LogP contribution < -0.4 is 4.74 Å². The molecule has 0 aromatic heterocycles. The van der Waals surface area contributed by atoms with E-state index in [1.807, 2.05) is 6.92 Å². The maximum atomic E-state index is 11.5. The van der Waals surface area contributed by atoms with Gasteiger partial charge >= 0.3 is 5.97 Å². The van der Waals surface area contributed by atoms with E-state index in [0.29, 0.717) is 22.0 Å². The lowest BCUT2D eigenvalue weighted by Gasteiger charge is -2.12. The molecular formula is C16H16O4S. The molecule has 21 heavy (non-hydrogen) atoms. The van der Waals surface area contributed by atoms with Crippen LogP contribution in [0.5, 0.6) is 11.5 Å². The molecule has 110 valence electrons. The molecule has 2 N–H and O–H groups in total. The van der Waals surface area contributed by atoms with Crippen LogP contribution in [0.2, 0.25) is 0 Å². The Morgan fingerprint density at radius 3 is 2.67 bits per heavy atom. The van der Waals surface area contributed by atoms with Crippen LogP contribution >= 0.6 is 11.8 Å². The first-order chi connectivity index (χ1) is 10.2. The van der Waals surface area contributed by atoms with E-state index >= 15 is 0 Å². The minimum atomic E-state index is -1.01. The minimum absolute atomic E-state index is 0.0886. The lowest BCUT2D eigenvalue weighted by atomic mass is 10.2. The molecule has 2 aromatic carbocycles. The van der Waals surface area contributed by atoms with E-state index in [0.717, 1.165) is 5.75 Å². The second-order valence-electron chi connectivity index (χ2n) is 4.28. The molecule has 0 unspecified atom stereocenters. The number of thioether (sulfide) groups is 1. The Kier molecular flexibility index (Phi) is 5.25. The van der Waals surface area contributed by atoms with Crippen LogP contribution in [0.15, 0.2) is 47.4 Å². The van der Waals surface area contributed by atoms with Gasteiger partial charge < -0.3 is 14.9 Å². The van der Waals surface area contributed by atoms with Gasteiger partial charge in [0.15, 0.2) is 0 Å². The van der Waals surface area contributed by atoms with Crippen molar-refractivity contribution in [2.45, 2.75) is 18.4 Å². The van der Waals surface area contributed by atoms with Crippen LogP contribution in [-0.2, 0) is 6.61 Å². The van der Waals surface area contributed by atoms with Crippen molar-refractivity contribution in [2.24, 2.45) is 0 Å². The zero-order valence-corrected chi connectivity index (χ0v) is 12.4. The Morgan fingerprint density at radius 1 is 1.24 bits per heavy atom. The van der Waals surface area contributed by atoms with Gasteiger partial charge in [-0.1, -0.05) is 25.1 Å². The van der Waals surface area contributed by atoms with Crippen LogP contribution in [0.25, 0.3) is 0 Å². The highest BCUT2D eigenvalue weighted by Gasteiger charge is 2.17. The Labute approximate surface area is 127 Å². The van der Waals surface area contributed by atoms with Gasteiger partial charge in [0, 0.05) is 4.90 Å². The third-order valence-electron chi connectivity index (χ3n) is 2.81. The van der Waals surface area contributed by atoms with Crippen molar-refractivity contribution in [1.82, 2.24) is 0 Å². The van der Waals surface area contributed by atoms with Crippen molar-refractivity contribution in [2.75, 3.05) is 5.75 Å². The predicted molar refractivity (Wildman–Crippen MR) is 82.2 cm³/mol. The highest BCUT2D eigenvalue weighted by atomic mass is 32.2. The number of carboxylic acid groups (broad SMARTS) is 1. The molecular weight excluding hydrogens is 288 g/mol. The van der Waals surface area contributed by atoms with Gasteiger partial charge in [-0.3, -0.25) is 0 Å². The van der Waals surface area contributed by atoms with Gasteiger partial charge in [-0.15, -0.1) is 11.8 Å². The van der Waals surface area contributed by atoms with E-state index in [-0.39, 0.29) is 12.2 Å². The molecule has 4 nitrogen and oxygen atoms in total. The van der Waals surface area contributed by atoms with Gasteiger partial charge in [0.25, 0.3) is 0 Å². The number of aromatic carboxylic acids is 1. The van der Waals surface area contributed by atoms with Crippen molar-refractivity contribution >= 4 is 17.7 Å². The summed E-state index contributed by atoms with van der Waals surface area (Å²) in [5.41, 5.74) is 0.877. The summed E-state index contributed by atoms with van der Waals surface area (Å²) in [6.07, 6.45) is 0. The van der Waals surface area contributed by atoms with Crippen molar-refractivity contribution < 1.29 is 19.7 Å². The number of hydrogen-bond acceptors (Lipinski definition) is 4. The quantitative estimate of drug-likeness (QED) is 0.795. The van der Waals surface area contributed by atoms with Gasteiger partial charge in [0.2, 0.25) is 0 Å². The molecule has 0 radical (unpaired) electrons. The molecule has 0 saturated heterocycles. The molecule has 0 spiro atoms. The van der Waals surface area contributed by atoms with Gasteiger partial charge in [-0.25, -0.2) is 4.79 Å². The number of ether oxygens (including phenoxy) is 1. The first-order valence-corrected chi connectivity index (χ1v) is 7.51. The number of carbonyl (C=O) groups is 1. The zero-order valence-electron chi connectivity index (χ0n) is 11.6. The lowest BCUT2D eigenvalue weighted by molar-refractivity contribution is 0.0690. The summed E-state index contributed by atoms with van der Waals surface area (Å²) >= 11 is 1.46. The second-order valence-corrected chi connectivity index (χ2v) is 5.58. The van der Waals surface area contributed by atoms with Crippen molar-refractivity contribution in [1.29, 1.82) is 0 Å². The van der Waals surface area contributed by atoms with E-state index in [4.69, 9.17) is 9.84 Å². The average Bonchev–Trinajstić information content (AvgIpc) is 2.47. The molecule has 2 aromatic rings. The highest BCUT2D eigenvalue weighted by Crippen LogP contribution is 2.33. The summed E-state index contributed by atoms with van der Waals surface area (Å²) in [6.45, 7) is 1.88. The first kappa shape index (κ1) is 15.4. The smallest absolute Gasteiger partial charge is 0.340 e. The Bertz CT molecular complexity index is 640. The molecule has 0 saturated carbocycles. The highest BCUT2D eigenvalue weighted by molar-refractivity contribution is 7.99. The fourth-order valence-corrected chi connectivity index (χ4v) is 2.73. The molecule has 2 rings (SSSR count). The van der Waals surface area contributed by atoms with Crippen LogP contribution in [0.3, 0.4) is 0 Å².